The van der Waals surface area contributed by atoms with Crippen LogP contribution in [-0.4, -0.2) is 15.9 Å². The summed E-state index contributed by atoms with van der Waals surface area (Å²) in [5, 5.41) is 7.44. The number of hydrogen-bond donors (Lipinski definition) is 2. The first-order chi connectivity index (χ1) is 8.52. The lowest BCUT2D eigenvalue weighted by Crippen LogP contribution is -2.06. The fourth-order valence-corrected chi connectivity index (χ4v) is 1.66. The lowest BCUT2D eigenvalue weighted by Gasteiger charge is -2.12. The van der Waals surface area contributed by atoms with Crippen LogP contribution in [0.2, 0.25) is 0 Å². The molecule has 1 aromatic carbocycles. The van der Waals surface area contributed by atoms with Gasteiger partial charge in [0.25, 0.3) is 0 Å². The van der Waals surface area contributed by atoms with Crippen LogP contribution in [-0.2, 0) is 7.05 Å². The first-order valence-electron chi connectivity index (χ1n) is 5.87. The fraction of sp³-hybridized carbons (Fsp3) is 0.308. The Morgan fingerprint density at radius 2 is 2.11 bits per heavy atom. The van der Waals surface area contributed by atoms with Crippen LogP contribution in [0.5, 0.6) is 5.75 Å². The van der Waals surface area contributed by atoms with Gasteiger partial charge in [0.15, 0.2) is 5.82 Å². The molecule has 0 unspecified atom stereocenters. The molecule has 2 rings (SSSR count). The number of aryl methyl sites for hydroxylation is 1. The lowest BCUT2D eigenvalue weighted by molar-refractivity contribution is 0.242. The van der Waals surface area contributed by atoms with Gasteiger partial charge in [-0.1, -0.05) is 0 Å². The molecular weight excluding hydrogens is 228 g/mol. The van der Waals surface area contributed by atoms with Crippen molar-refractivity contribution in [3.63, 3.8) is 0 Å². The zero-order valence-corrected chi connectivity index (χ0v) is 10.8. The van der Waals surface area contributed by atoms with Gasteiger partial charge in [0, 0.05) is 42.8 Å². The van der Waals surface area contributed by atoms with E-state index in [1.54, 1.807) is 4.68 Å². The van der Waals surface area contributed by atoms with Gasteiger partial charge in [0.1, 0.15) is 5.75 Å². The second-order valence-corrected chi connectivity index (χ2v) is 4.46. The topological polar surface area (TPSA) is 65.1 Å². The molecule has 1 heterocycles. The van der Waals surface area contributed by atoms with E-state index in [-0.39, 0.29) is 6.10 Å². The summed E-state index contributed by atoms with van der Waals surface area (Å²) < 4.78 is 7.37. The molecule has 96 valence electrons. The quantitative estimate of drug-likeness (QED) is 0.814. The van der Waals surface area contributed by atoms with Crippen molar-refractivity contribution in [1.82, 2.24) is 9.78 Å². The van der Waals surface area contributed by atoms with Gasteiger partial charge in [0.05, 0.1) is 6.10 Å². The van der Waals surface area contributed by atoms with Crippen LogP contribution >= 0.6 is 0 Å². The van der Waals surface area contributed by atoms with Crippen molar-refractivity contribution in [2.45, 2.75) is 20.0 Å². The van der Waals surface area contributed by atoms with Crippen molar-refractivity contribution in [2.75, 3.05) is 11.1 Å². The Kier molecular flexibility index (Phi) is 3.41. The highest BCUT2D eigenvalue weighted by molar-refractivity contribution is 5.64. The van der Waals surface area contributed by atoms with E-state index in [9.17, 15) is 0 Å². The Morgan fingerprint density at radius 1 is 1.33 bits per heavy atom. The number of nitrogens with two attached hydrogens (primary N) is 1. The van der Waals surface area contributed by atoms with E-state index in [0.717, 1.165) is 17.3 Å². The summed E-state index contributed by atoms with van der Waals surface area (Å²) in [4.78, 5) is 0. The molecule has 0 saturated carbocycles. The zero-order chi connectivity index (χ0) is 13.1. The molecule has 0 aliphatic carbocycles. The molecule has 5 heteroatoms. The molecule has 0 bridgehead atoms. The number of nitrogens with one attached hydrogen (secondary N) is 1. The summed E-state index contributed by atoms with van der Waals surface area (Å²) in [6.45, 7) is 3.96. The monoisotopic (exact) mass is 246 g/mol. The summed E-state index contributed by atoms with van der Waals surface area (Å²) in [6, 6.07) is 7.46. The molecule has 0 amide bonds. The number of anilines is 3. The molecule has 0 radical (unpaired) electrons. The second-order valence-electron chi connectivity index (χ2n) is 4.46. The maximum Gasteiger partial charge on any atom is 0.152 e. The number of aromatic nitrogens is 2. The molecule has 3 N–H and O–H groups in total. The third-order valence-corrected chi connectivity index (χ3v) is 2.29. The van der Waals surface area contributed by atoms with Crippen LogP contribution in [0.4, 0.5) is 17.2 Å². The van der Waals surface area contributed by atoms with E-state index < -0.39 is 0 Å². The van der Waals surface area contributed by atoms with Gasteiger partial charge < -0.3 is 15.8 Å². The largest absolute Gasteiger partial charge is 0.491 e. The van der Waals surface area contributed by atoms with E-state index in [4.69, 9.17) is 10.5 Å². The minimum atomic E-state index is 0.120. The second kappa shape index (κ2) is 5.00. The third kappa shape index (κ3) is 3.16. The highest BCUT2D eigenvalue weighted by atomic mass is 16.5. The summed E-state index contributed by atoms with van der Waals surface area (Å²) in [6.07, 6.45) is 2.00. The smallest absolute Gasteiger partial charge is 0.152 e. The average Bonchev–Trinajstić information content (AvgIpc) is 2.61. The Hall–Kier alpha value is -2.17. The number of nitrogens with zero attached hydrogens (tertiary/aromatic N) is 2. The molecule has 0 spiro atoms. The zero-order valence-electron chi connectivity index (χ0n) is 10.8. The van der Waals surface area contributed by atoms with Gasteiger partial charge in [-0.3, -0.25) is 4.68 Å². The highest BCUT2D eigenvalue weighted by Crippen LogP contribution is 2.25. The molecule has 2 aromatic rings. The number of benzene rings is 1. The van der Waals surface area contributed by atoms with Crippen LogP contribution in [0.1, 0.15) is 13.8 Å². The highest BCUT2D eigenvalue weighted by Gasteiger charge is 2.04. The van der Waals surface area contributed by atoms with Gasteiger partial charge >= 0.3 is 0 Å². The van der Waals surface area contributed by atoms with Gasteiger partial charge in [-0.25, -0.2) is 0 Å². The lowest BCUT2D eigenvalue weighted by atomic mass is 10.2. The molecular formula is C13H18N4O. The minimum Gasteiger partial charge on any atom is -0.491 e. The molecule has 0 aliphatic heterocycles. The Balaban J connectivity index is 2.19. The molecule has 1 aromatic heterocycles. The van der Waals surface area contributed by atoms with Crippen LogP contribution in [0, 0.1) is 0 Å². The van der Waals surface area contributed by atoms with Gasteiger partial charge in [-0.05, 0) is 19.9 Å². The van der Waals surface area contributed by atoms with Crippen LogP contribution in [0.3, 0.4) is 0 Å². The molecule has 18 heavy (non-hydrogen) atoms. The molecule has 0 aliphatic rings. The number of rotatable bonds is 4. The van der Waals surface area contributed by atoms with Crippen molar-refractivity contribution in [2.24, 2.45) is 7.05 Å². The predicted molar refractivity (Wildman–Crippen MR) is 73.1 cm³/mol. The maximum atomic E-state index is 5.85. The van der Waals surface area contributed by atoms with Crippen LogP contribution in [0.25, 0.3) is 0 Å². The Bertz CT molecular complexity index is 534. The van der Waals surface area contributed by atoms with E-state index in [2.05, 4.69) is 10.4 Å². The summed E-state index contributed by atoms with van der Waals surface area (Å²) in [7, 11) is 1.87. The number of ether oxygens (including phenoxy) is 1. The van der Waals surface area contributed by atoms with Crippen LogP contribution in [0.15, 0.2) is 30.5 Å². The van der Waals surface area contributed by atoms with Crippen molar-refractivity contribution >= 4 is 17.2 Å². The molecule has 0 atom stereocenters. The standard InChI is InChI=1S/C13H18N4O/c1-9(2)18-12-7-10(14)6-11(8-12)15-13-4-5-17(3)16-13/h4-9H,14H2,1-3H3,(H,15,16). The summed E-state index contributed by atoms with van der Waals surface area (Å²) in [5.41, 5.74) is 7.37. The summed E-state index contributed by atoms with van der Waals surface area (Å²) in [5.74, 6) is 1.53. The van der Waals surface area contributed by atoms with Gasteiger partial charge in [-0.2, -0.15) is 5.10 Å². The number of hydrogen-bond acceptors (Lipinski definition) is 4. The van der Waals surface area contributed by atoms with E-state index in [1.807, 2.05) is 51.4 Å². The van der Waals surface area contributed by atoms with Gasteiger partial charge in [-0.15, -0.1) is 0 Å². The molecule has 5 nitrogen and oxygen atoms in total. The van der Waals surface area contributed by atoms with Crippen molar-refractivity contribution in [3.8, 4) is 5.75 Å². The van der Waals surface area contributed by atoms with E-state index >= 15 is 0 Å². The first kappa shape index (κ1) is 12.3. The minimum absolute atomic E-state index is 0.120. The summed E-state index contributed by atoms with van der Waals surface area (Å²) >= 11 is 0. The maximum absolute atomic E-state index is 5.85. The fourth-order valence-electron chi connectivity index (χ4n) is 1.66. The van der Waals surface area contributed by atoms with E-state index in [0.29, 0.717) is 5.69 Å². The first-order valence-corrected chi connectivity index (χ1v) is 5.87. The van der Waals surface area contributed by atoms with Crippen LogP contribution < -0.4 is 15.8 Å². The number of nitrogen functional groups attached to an aromatic ring is 1. The normalized spacial score (nSPS) is 10.7. The van der Waals surface area contributed by atoms with Crippen molar-refractivity contribution < 1.29 is 4.74 Å². The van der Waals surface area contributed by atoms with Crippen molar-refractivity contribution in [1.29, 1.82) is 0 Å². The molecule has 0 saturated heterocycles. The van der Waals surface area contributed by atoms with Gasteiger partial charge in [0.2, 0.25) is 0 Å². The predicted octanol–water partition coefficient (Wildman–Crippen LogP) is 2.53. The third-order valence-electron chi connectivity index (χ3n) is 2.29. The Labute approximate surface area is 107 Å². The van der Waals surface area contributed by atoms with E-state index in [1.165, 1.54) is 0 Å². The Morgan fingerprint density at radius 3 is 2.72 bits per heavy atom. The average molecular weight is 246 g/mol. The van der Waals surface area contributed by atoms with Crippen molar-refractivity contribution in [3.05, 3.63) is 30.5 Å². The SMILES string of the molecule is CC(C)Oc1cc(N)cc(Nc2ccn(C)n2)c1. The molecule has 0 fully saturated rings.